The van der Waals surface area contributed by atoms with Gasteiger partial charge in [-0.15, -0.1) is 0 Å². The Bertz CT molecular complexity index is 193. The Kier molecular flexibility index (Phi) is 11.0. The fraction of sp³-hybridized carbons (Fsp3) is 1.00. The average Bonchev–Trinajstić information content (AvgIpc) is 2.94. The maximum absolute atomic E-state index is 5.67. The van der Waals surface area contributed by atoms with E-state index in [0.29, 0.717) is 6.04 Å². The predicted molar refractivity (Wildman–Crippen MR) is 88.4 cm³/mol. The van der Waals surface area contributed by atoms with Crippen molar-refractivity contribution in [2.24, 2.45) is 5.84 Å². The van der Waals surface area contributed by atoms with Gasteiger partial charge in [0.15, 0.2) is 0 Å². The fourth-order valence-electron chi connectivity index (χ4n) is 2.87. The van der Waals surface area contributed by atoms with E-state index in [4.69, 9.17) is 5.84 Å². The van der Waals surface area contributed by atoms with Gasteiger partial charge in [-0.1, -0.05) is 64.7 Å². The molecule has 1 aliphatic carbocycles. The highest BCUT2D eigenvalue weighted by molar-refractivity contribution is 7.99. The maximum Gasteiger partial charge on any atom is 0.0301 e. The summed E-state index contributed by atoms with van der Waals surface area (Å²) in [7, 11) is 0. The number of nitrogens with two attached hydrogens (primary N) is 1. The van der Waals surface area contributed by atoms with Gasteiger partial charge in [0, 0.05) is 17.0 Å². The number of unbranched alkanes of at least 4 members (excludes halogenated alkanes) is 6. The highest BCUT2D eigenvalue weighted by Crippen LogP contribution is 2.30. The third-order valence-electron chi connectivity index (χ3n) is 4.23. The minimum atomic E-state index is 0.529. The Morgan fingerprint density at radius 3 is 2.32 bits per heavy atom. The minimum absolute atomic E-state index is 0.529. The number of nitrogens with one attached hydrogen (secondary N) is 1. The van der Waals surface area contributed by atoms with Crippen LogP contribution in [-0.2, 0) is 0 Å². The van der Waals surface area contributed by atoms with Crippen LogP contribution in [0.25, 0.3) is 0 Å². The molecule has 3 heteroatoms. The smallest absolute Gasteiger partial charge is 0.0301 e. The average molecular weight is 287 g/mol. The molecule has 0 aromatic carbocycles. The van der Waals surface area contributed by atoms with Crippen LogP contribution >= 0.6 is 11.8 Å². The third kappa shape index (κ3) is 8.93. The van der Waals surface area contributed by atoms with Gasteiger partial charge in [0.1, 0.15) is 0 Å². The number of hydrogen-bond donors (Lipinski definition) is 2. The van der Waals surface area contributed by atoms with E-state index in [9.17, 15) is 0 Å². The fourth-order valence-corrected chi connectivity index (χ4v) is 4.30. The summed E-state index contributed by atoms with van der Waals surface area (Å²) in [6.45, 7) is 2.28. The predicted octanol–water partition coefficient (Wildman–Crippen LogP) is 4.63. The van der Waals surface area contributed by atoms with Crippen LogP contribution in [-0.4, -0.2) is 17.0 Å². The Labute approximate surface area is 124 Å². The van der Waals surface area contributed by atoms with E-state index in [1.807, 2.05) is 0 Å². The van der Waals surface area contributed by atoms with Crippen LogP contribution in [0.4, 0.5) is 0 Å². The summed E-state index contributed by atoms with van der Waals surface area (Å²) in [5, 5.41) is 0.921. The second-order valence-electron chi connectivity index (χ2n) is 6.01. The van der Waals surface area contributed by atoms with Crippen molar-refractivity contribution in [2.75, 3.05) is 5.75 Å². The van der Waals surface area contributed by atoms with Crippen molar-refractivity contribution in [2.45, 2.75) is 95.3 Å². The molecule has 114 valence electrons. The molecule has 0 radical (unpaired) electrons. The minimum Gasteiger partial charge on any atom is -0.271 e. The molecule has 0 aromatic rings. The Balaban J connectivity index is 1.92. The number of rotatable bonds is 12. The molecule has 1 aliphatic rings. The molecule has 0 bridgehead atoms. The first-order valence-electron chi connectivity index (χ1n) is 8.44. The SMILES string of the molecule is CCCCCCCCCC(CSC1CCCC1)NN. The molecular formula is C16H34N2S. The molecule has 3 N–H and O–H groups in total. The third-order valence-corrected chi connectivity index (χ3v) is 5.76. The standard InChI is InChI=1S/C16H34N2S/c1-2-3-4-5-6-7-8-11-15(18-17)14-19-16-12-9-10-13-16/h15-16,18H,2-14,17H2,1H3. The zero-order valence-corrected chi connectivity index (χ0v) is 13.6. The van der Waals surface area contributed by atoms with E-state index in [2.05, 4.69) is 24.1 Å². The van der Waals surface area contributed by atoms with Crippen LogP contribution in [0.15, 0.2) is 0 Å². The molecule has 0 amide bonds. The van der Waals surface area contributed by atoms with Gasteiger partial charge in [-0.25, -0.2) is 0 Å². The zero-order valence-electron chi connectivity index (χ0n) is 12.8. The van der Waals surface area contributed by atoms with Crippen molar-refractivity contribution in [3.05, 3.63) is 0 Å². The largest absolute Gasteiger partial charge is 0.271 e. The maximum atomic E-state index is 5.67. The van der Waals surface area contributed by atoms with E-state index in [1.165, 1.54) is 82.8 Å². The number of hydrogen-bond acceptors (Lipinski definition) is 3. The van der Waals surface area contributed by atoms with Gasteiger partial charge in [0.2, 0.25) is 0 Å². The highest BCUT2D eigenvalue weighted by atomic mass is 32.2. The molecule has 19 heavy (non-hydrogen) atoms. The molecule has 0 heterocycles. The molecule has 1 fully saturated rings. The van der Waals surface area contributed by atoms with Gasteiger partial charge in [-0.2, -0.15) is 11.8 Å². The summed E-state index contributed by atoms with van der Waals surface area (Å²) >= 11 is 2.15. The normalized spacial score (nSPS) is 18.0. The quantitative estimate of drug-likeness (QED) is 0.312. The zero-order chi connectivity index (χ0) is 13.8. The molecule has 0 aliphatic heterocycles. The van der Waals surface area contributed by atoms with Crippen LogP contribution in [0.2, 0.25) is 0 Å². The highest BCUT2D eigenvalue weighted by Gasteiger charge is 2.17. The van der Waals surface area contributed by atoms with Gasteiger partial charge in [-0.3, -0.25) is 11.3 Å². The Morgan fingerprint density at radius 2 is 1.68 bits per heavy atom. The second-order valence-corrected chi connectivity index (χ2v) is 7.35. The molecular weight excluding hydrogens is 252 g/mol. The van der Waals surface area contributed by atoms with Crippen LogP contribution in [0.3, 0.4) is 0 Å². The summed E-state index contributed by atoms with van der Waals surface area (Å²) in [6, 6.07) is 0.529. The molecule has 2 nitrogen and oxygen atoms in total. The monoisotopic (exact) mass is 286 g/mol. The summed E-state index contributed by atoms with van der Waals surface area (Å²) < 4.78 is 0. The molecule has 1 rings (SSSR count). The van der Waals surface area contributed by atoms with Crippen molar-refractivity contribution in [1.29, 1.82) is 0 Å². The van der Waals surface area contributed by atoms with Gasteiger partial charge in [0.25, 0.3) is 0 Å². The lowest BCUT2D eigenvalue weighted by Gasteiger charge is -2.17. The molecule has 1 saturated carbocycles. The van der Waals surface area contributed by atoms with Crippen molar-refractivity contribution < 1.29 is 0 Å². The number of hydrazine groups is 1. The summed E-state index contributed by atoms with van der Waals surface area (Å²) in [4.78, 5) is 0. The lowest BCUT2D eigenvalue weighted by molar-refractivity contribution is 0.492. The first-order chi connectivity index (χ1) is 9.36. The Morgan fingerprint density at radius 1 is 1.05 bits per heavy atom. The molecule has 1 unspecified atom stereocenters. The number of thioether (sulfide) groups is 1. The van der Waals surface area contributed by atoms with Gasteiger partial charge in [-0.05, 0) is 19.3 Å². The van der Waals surface area contributed by atoms with E-state index in [-0.39, 0.29) is 0 Å². The van der Waals surface area contributed by atoms with Crippen LogP contribution in [0.5, 0.6) is 0 Å². The summed E-state index contributed by atoms with van der Waals surface area (Å²) in [5.74, 6) is 6.88. The van der Waals surface area contributed by atoms with Crippen molar-refractivity contribution in [3.63, 3.8) is 0 Å². The van der Waals surface area contributed by atoms with Gasteiger partial charge >= 0.3 is 0 Å². The second kappa shape index (κ2) is 12.0. The van der Waals surface area contributed by atoms with Gasteiger partial charge in [0.05, 0.1) is 0 Å². The van der Waals surface area contributed by atoms with Crippen LogP contribution in [0.1, 0.15) is 84.0 Å². The van der Waals surface area contributed by atoms with E-state index < -0.39 is 0 Å². The van der Waals surface area contributed by atoms with Crippen molar-refractivity contribution >= 4 is 11.8 Å². The molecule has 0 aromatic heterocycles. The molecule has 1 atom stereocenters. The van der Waals surface area contributed by atoms with Crippen molar-refractivity contribution in [3.8, 4) is 0 Å². The van der Waals surface area contributed by atoms with Crippen LogP contribution in [0, 0.1) is 0 Å². The Hall–Kier alpha value is 0.270. The van der Waals surface area contributed by atoms with E-state index >= 15 is 0 Å². The van der Waals surface area contributed by atoms with Gasteiger partial charge < -0.3 is 0 Å². The summed E-state index contributed by atoms with van der Waals surface area (Å²) in [6.07, 6.45) is 16.7. The lowest BCUT2D eigenvalue weighted by atomic mass is 10.1. The van der Waals surface area contributed by atoms with Crippen LogP contribution < -0.4 is 11.3 Å². The summed E-state index contributed by atoms with van der Waals surface area (Å²) in [5.41, 5.74) is 3.02. The lowest BCUT2D eigenvalue weighted by Crippen LogP contribution is -2.37. The first-order valence-corrected chi connectivity index (χ1v) is 9.49. The van der Waals surface area contributed by atoms with Crippen molar-refractivity contribution in [1.82, 2.24) is 5.43 Å². The molecule has 0 saturated heterocycles. The first kappa shape index (κ1) is 17.3. The van der Waals surface area contributed by atoms with E-state index in [0.717, 1.165) is 5.25 Å². The molecule has 0 spiro atoms. The van der Waals surface area contributed by atoms with E-state index in [1.54, 1.807) is 0 Å². The topological polar surface area (TPSA) is 38.0 Å².